The van der Waals surface area contributed by atoms with Crippen LogP contribution in [0.3, 0.4) is 0 Å². The Kier molecular flexibility index (Phi) is 9.48. The molecule has 1 rings (SSSR count). The van der Waals surface area contributed by atoms with Crippen molar-refractivity contribution in [1.82, 2.24) is 15.5 Å². The van der Waals surface area contributed by atoms with Crippen LogP contribution in [-0.2, 0) is 9.59 Å². The van der Waals surface area contributed by atoms with Crippen LogP contribution in [0, 0.1) is 5.41 Å². The lowest BCUT2D eigenvalue weighted by Gasteiger charge is -2.21. The molecule has 4 N–H and O–H groups in total. The third-order valence-electron chi connectivity index (χ3n) is 3.83. The summed E-state index contributed by atoms with van der Waals surface area (Å²) in [7, 11) is 0. The zero-order chi connectivity index (χ0) is 16.8. The van der Waals surface area contributed by atoms with Gasteiger partial charge in [-0.15, -0.1) is 24.0 Å². The normalized spacial score (nSPS) is 18.3. The summed E-state index contributed by atoms with van der Waals surface area (Å²) in [5, 5.41) is 6.49. The quantitative estimate of drug-likeness (QED) is 0.322. The molecule has 0 aromatic rings. The minimum Gasteiger partial charge on any atom is -0.369 e. The van der Waals surface area contributed by atoms with Crippen molar-refractivity contribution in [2.75, 3.05) is 26.2 Å². The molecule has 2 amide bonds. The molecule has 23 heavy (non-hydrogen) atoms. The highest BCUT2D eigenvalue weighted by Crippen LogP contribution is 2.14. The molecular weight excluding hydrogens is 409 g/mol. The molecule has 1 heterocycles. The van der Waals surface area contributed by atoms with Gasteiger partial charge in [0.15, 0.2) is 5.96 Å². The molecule has 1 aliphatic rings. The van der Waals surface area contributed by atoms with Crippen molar-refractivity contribution < 1.29 is 9.59 Å². The molecule has 0 aromatic heterocycles. The number of primary amides is 1. The first-order chi connectivity index (χ1) is 10.3. The zero-order valence-electron chi connectivity index (χ0n) is 14.5. The summed E-state index contributed by atoms with van der Waals surface area (Å²) in [6, 6.07) is 0.185. The van der Waals surface area contributed by atoms with Crippen LogP contribution in [-0.4, -0.2) is 54.9 Å². The second-order valence-electron chi connectivity index (χ2n) is 6.27. The first-order valence-electron chi connectivity index (χ1n) is 7.92. The number of halogens is 1. The highest BCUT2D eigenvalue weighted by Gasteiger charge is 2.27. The lowest BCUT2D eigenvalue weighted by atomic mass is 9.93. The van der Waals surface area contributed by atoms with Crippen molar-refractivity contribution in [3.8, 4) is 0 Å². The first-order valence-corrected chi connectivity index (χ1v) is 7.92. The highest BCUT2D eigenvalue weighted by molar-refractivity contribution is 14.0. The molecule has 134 valence electrons. The lowest BCUT2D eigenvalue weighted by molar-refractivity contribution is -0.129. The van der Waals surface area contributed by atoms with E-state index in [1.54, 1.807) is 13.8 Å². The van der Waals surface area contributed by atoms with Crippen molar-refractivity contribution >= 4 is 41.8 Å². The zero-order valence-corrected chi connectivity index (χ0v) is 16.8. The van der Waals surface area contributed by atoms with Crippen LogP contribution in [0.5, 0.6) is 0 Å². The molecule has 0 aromatic carbocycles. The monoisotopic (exact) mass is 439 g/mol. The second kappa shape index (κ2) is 9.94. The van der Waals surface area contributed by atoms with Crippen LogP contribution >= 0.6 is 24.0 Å². The van der Waals surface area contributed by atoms with Crippen LogP contribution in [0.2, 0.25) is 0 Å². The van der Waals surface area contributed by atoms with Gasteiger partial charge in [-0.25, -0.2) is 0 Å². The Labute approximate surface area is 155 Å². The van der Waals surface area contributed by atoms with Crippen LogP contribution in [0.25, 0.3) is 0 Å². The van der Waals surface area contributed by atoms with E-state index in [1.807, 2.05) is 18.7 Å². The fraction of sp³-hybridized carbons (Fsp3) is 0.800. The van der Waals surface area contributed by atoms with E-state index in [-0.39, 0.29) is 41.8 Å². The second-order valence-corrected chi connectivity index (χ2v) is 6.27. The molecule has 0 bridgehead atoms. The molecule has 1 fully saturated rings. The predicted octanol–water partition coefficient (Wildman–Crippen LogP) is 0.682. The summed E-state index contributed by atoms with van der Waals surface area (Å²) < 4.78 is 0. The maximum absolute atomic E-state index is 11.7. The minimum absolute atomic E-state index is 0. The number of nitrogens with zero attached hydrogens (tertiary/aromatic N) is 2. The number of carbonyl (C=O) groups is 2. The number of hydrogen-bond acceptors (Lipinski definition) is 3. The fourth-order valence-electron chi connectivity index (χ4n) is 2.20. The molecule has 1 atom stereocenters. The summed E-state index contributed by atoms with van der Waals surface area (Å²) in [5.41, 5.74) is 4.69. The molecule has 0 radical (unpaired) electrons. The molecule has 0 aliphatic carbocycles. The van der Waals surface area contributed by atoms with Crippen molar-refractivity contribution in [3.05, 3.63) is 0 Å². The Balaban J connectivity index is 0.00000484. The van der Waals surface area contributed by atoms with E-state index >= 15 is 0 Å². The molecule has 0 spiro atoms. The SMILES string of the molecule is CCNC(=NCC(C)(C)C(N)=O)NC1CCN(C(=O)CC)C1.I. The van der Waals surface area contributed by atoms with Crippen molar-refractivity contribution in [1.29, 1.82) is 0 Å². The van der Waals surface area contributed by atoms with Gasteiger partial charge in [-0.1, -0.05) is 6.92 Å². The Hall–Kier alpha value is -1.06. The number of nitrogens with one attached hydrogen (secondary N) is 2. The number of nitrogens with two attached hydrogens (primary N) is 1. The highest BCUT2D eigenvalue weighted by atomic mass is 127. The maximum atomic E-state index is 11.7. The smallest absolute Gasteiger partial charge is 0.224 e. The van der Waals surface area contributed by atoms with E-state index in [9.17, 15) is 9.59 Å². The molecule has 7 nitrogen and oxygen atoms in total. The standard InChI is InChI=1S/C15H29N5O2.HI/c1-5-12(21)20-8-7-11(9-20)19-14(17-6-2)18-10-15(3,4)13(16)22;/h11H,5-10H2,1-4H3,(H2,16,22)(H2,17,18,19);1H. The number of rotatable bonds is 6. The number of likely N-dealkylation sites (tertiary alicyclic amines) is 1. The molecule has 0 saturated carbocycles. The van der Waals surface area contributed by atoms with Crippen LogP contribution in [0.1, 0.15) is 40.5 Å². The van der Waals surface area contributed by atoms with E-state index in [0.717, 1.165) is 19.5 Å². The van der Waals surface area contributed by atoms with Crippen LogP contribution in [0.4, 0.5) is 0 Å². The molecule has 1 aliphatic heterocycles. The van der Waals surface area contributed by atoms with Gasteiger partial charge in [-0.05, 0) is 27.2 Å². The average molecular weight is 439 g/mol. The van der Waals surface area contributed by atoms with E-state index in [4.69, 9.17) is 5.73 Å². The van der Waals surface area contributed by atoms with Crippen molar-refractivity contribution in [3.63, 3.8) is 0 Å². The topological polar surface area (TPSA) is 99.8 Å². The van der Waals surface area contributed by atoms with Crippen molar-refractivity contribution in [2.45, 2.75) is 46.6 Å². The summed E-state index contributed by atoms with van der Waals surface area (Å²) in [5.74, 6) is 0.474. The first kappa shape index (κ1) is 21.9. The number of carbonyl (C=O) groups excluding carboxylic acids is 2. The van der Waals surface area contributed by atoms with Gasteiger partial charge >= 0.3 is 0 Å². The number of aliphatic imine (C=N–C) groups is 1. The lowest BCUT2D eigenvalue weighted by Crippen LogP contribution is -2.46. The fourth-order valence-corrected chi connectivity index (χ4v) is 2.20. The molecule has 8 heteroatoms. The summed E-state index contributed by atoms with van der Waals surface area (Å²) in [4.78, 5) is 29.4. The van der Waals surface area contributed by atoms with Gasteiger partial charge in [0.05, 0.1) is 12.0 Å². The van der Waals surface area contributed by atoms with Gasteiger partial charge in [0.1, 0.15) is 0 Å². The molecule has 1 unspecified atom stereocenters. The Morgan fingerprint density at radius 3 is 2.52 bits per heavy atom. The molecule has 1 saturated heterocycles. The van der Waals surface area contributed by atoms with Gasteiger partial charge < -0.3 is 21.3 Å². The van der Waals surface area contributed by atoms with E-state index in [1.165, 1.54) is 0 Å². The maximum Gasteiger partial charge on any atom is 0.224 e. The summed E-state index contributed by atoms with van der Waals surface area (Å²) in [6.45, 7) is 9.93. The minimum atomic E-state index is -0.678. The van der Waals surface area contributed by atoms with E-state index in [0.29, 0.717) is 25.5 Å². The van der Waals surface area contributed by atoms with Gasteiger partial charge in [0, 0.05) is 32.1 Å². The summed E-state index contributed by atoms with van der Waals surface area (Å²) in [6.07, 6.45) is 1.43. The Morgan fingerprint density at radius 2 is 2.00 bits per heavy atom. The predicted molar refractivity (Wildman–Crippen MR) is 103 cm³/mol. The number of amides is 2. The van der Waals surface area contributed by atoms with Gasteiger partial charge in [-0.3, -0.25) is 14.6 Å². The summed E-state index contributed by atoms with van der Waals surface area (Å²) >= 11 is 0. The largest absolute Gasteiger partial charge is 0.369 e. The van der Waals surface area contributed by atoms with Gasteiger partial charge in [0.2, 0.25) is 11.8 Å². The Morgan fingerprint density at radius 1 is 1.35 bits per heavy atom. The van der Waals surface area contributed by atoms with Crippen LogP contribution < -0.4 is 16.4 Å². The van der Waals surface area contributed by atoms with Gasteiger partial charge in [0.25, 0.3) is 0 Å². The van der Waals surface area contributed by atoms with Crippen LogP contribution in [0.15, 0.2) is 4.99 Å². The van der Waals surface area contributed by atoms with Gasteiger partial charge in [-0.2, -0.15) is 0 Å². The van der Waals surface area contributed by atoms with E-state index < -0.39 is 5.41 Å². The number of hydrogen-bond donors (Lipinski definition) is 3. The number of guanidine groups is 1. The third kappa shape index (κ3) is 6.92. The van der Waals surface area contributed by atoms with E-state index in [2.05, 4.69) is 15.6 Å². The Bertz CT molecular complexity index is 440. The average Bonchev–Trinajstić information content (AvgIpc) is 2.92. The third-order valence-corrected chi connectivity index (χ3v) is 3.83. The molecular formula is C15H30IN5O2. The van der Waals surface area contributed by atoms with Crippen molar-refractivity contribution in [2.24, 2.45) is 16.1 Å².